The number of amides is 1. The summed E-state index contributed by atoms with van der Waals surface area (Å²) in [6.07, 6.45) is 1.94. The molecule has 5 heteroatoms. The lowest BCUT2D eigenvalue weighted by molar-refractivity contribution is -0.0289. The molecule has 1 amide bonds. The smallest absolute Gasteiger partial charge is 0.412 e. The van der Waals surface area contributed by atoms with Crippen molar-refractivity contribution in [2.24, 2.45) is 5.92 Å². The molecular weight excluding hydrogens is 356 g/mol. The average molecular weight is 378 g/mol. The van der Waals surface area contributed by atoms with Crippen LogP contribution < -0.4 is 5.32 Å². The zero-order valence-corrected chi connectivity index (χ0v) is 15.9. The number of nitrogens with zero attached hydrogens (tertiary/aromatic N) is 1. The maximum absolute atomic E-state index is 12.7. The molecule has 0 radical (unpaired) electrons. The molecule has 0 unspecified atom stereocenters. The average Bonchev–Trinajstić information content (AvgIpc) is 3.08. The van der Waals surface area contributed by atoms with E-state index in [1.165, 1.54) is 0 Å². The molecule has 4 heterocycles. The first-order chi connectivity index (χ1) is 13.3. The molecule has 1 N–H and O–H groups in total. The van der Waals surface area contributed by atoms with Gasteiger partial charge in [-0.2, -0.15) is 0 Å². The summed E-state index contributed by atoms with van der Waals surface area (Å²) in [6.45, 7) is 3.15. The molecule has 27 heavy (non-hydrogen) atoms. The Morgan fingerprint density at radius 1 is 1.04 bits per heavy atom. The van der Waals surface area contributed by atoms with Crippen LogP contribution >= 0.6 is 11.3 Å². The number of rotatable bonds is 3. The van der Waals surface area contributed by atoms with Crippen LogP contribution in [0.5, 0.6) is 0 Å². The van der Waals surface area contributed by atoms with Gasteiger partial charge in [0.25, 0.3) is 0 Å². The molecule has 1 aromatic heterocycles. The Bertz CT molecular complexity index is 961. The molecule has 0 spiro atoms. The van der Waals surface area contributed by atoms with E-state index in [1.807, 2.05) is 30.3 Å². The monoisotopic (exact) mass is 378 g/mol. The fourth-order valence-electron chi connectivity index (χ4n) is 4.28. The van der Waals surface area contributed by atoms with E-state index in [9.17, 15) is 4.79 Å². The summed E-state index contributed by atoms with van der Waals surface area (Å²) in [7, 11) is 0. The van der Waals surface area contributed by atoms with E-state index in [4.69, 9.17) is 4.74 Å². The highest BCUT2D eigenvalue weighted by Gasteiger charge is 2.36. The third-order valence-electron chi connectivity index (χ3n) is 5.71. The summed E-state index contributed by atoms with van der Waals surface area (Å²) < 4.78 is 7.01. The van der Waals surface area contributed by atoms with Crippen molar-refractivity contribution >= 4 is 33.2 Å². The van der Waals surface area contributed by atoms with Gasteiger partial charge in [0.1, 0.15) is 6.10 Å². The second-order valence-corrected chi connectivity index (χ2v) is 8.43. The number of carbonyl (C=O) groups is 1. The number of piperidine rings is 3. The molecule has 1 atom stereocenters. The maximum Gasteiger partial charge on any atom is 0.412 e. The minimum Gasteiger partial charge on any atom is -0.444 e. The lowest BCUT2D eigenvalue weighted by atomic mass is 9.86. The van der Waals surface area contributed by atoms with Gasteiger partial charge in [0, 0.05) is 16.6 Å². The van der Waals surface area contributed by atoms with Gasteiger partial charge in [0.15, 0.2) is 0 Å². The van der Waals surface area contributed by atoms with Crippen molar-refractivity contribution in [3.8, 4) is 10.4 Å². The van der Waals surface area contributed by atoms with Crippen molar-refractivity contribution in [3.63, 3.8) is 0 Å². The molecule has 2 bridgehead atoms. The van der Waals surface area contributed by atoms with E-state index in [1.54, 1.807) is 11.3 Å². The summed E-state index contributed by atoms with van der Waals surface area (Å²) in [5.74, 6) is 0.508. The fourth-order valence-corrected chi connectivity index (χ4v) is 5.44. The van der Waals surface area contributed by atoms with E-state index in [-0.39, 0.29) is 12.2 Å². The predicted octanol–water partition coefficient (Wildman–Crippen LogP) is 5.21. The molecule has 3 saturated heterocycles. The standard InChI is InChI=1S/C22H22N2O2S/c25-22(26-18-14-24-12-10-15(18)11-13-24)23-20-17-8-4-5-9-19(17)27-21(20)16-6-2-1-3-7-16/h1-9,15,18H,10-14H2,(H,23,25)/t18-/m0/s1. The number of hydrogen-bond donors (Lipinski definition) is 1. The predicted molar refractivity (Wildman–Crippen MR) is 110 cm³/mol. The van der Waals surface area contributed by atoms with Gasteiger partial charge in [0.2, 0.25) is 0 Å². The summed E-state index contributed by atoms with van der Waals surface area (Å²) in [4.78, 5) is 16.2. The first-order valence-electron chi connectivity index (χ1n) is 9.55. The van der Waals surface area contributed by atoms with Crippen molar-refractivity contribution in [1.29, 1.82) is 0 Å². The zero-order valence-electron chi connectivity index (χ0n) is 15.1. The van der Waals surface area contributed by atoms with Crippen LogP contribution in [0.3, 0.4) is 0 Å². The number of thiophene rings is 1. The lowest BCUT2D eigenvalue weighted by Gasteiger charge is -2.43. The third-order valence-corrected chi connectivity index (χ3v) is 6.93. The maximum atomic E-state index is 12.7. The SMILES string of the molecule is O=C(Nc1c(-c2ccccc2)sc2ccccc12)O[C@H]1CN2CCC1CC2. The first kappa shape index (κ1) is 16.8. The lowest BCUT2D eigenvalue weighted by Crippen LogP contribution is -2.52. The van der Waals surface area contributed by atoms with Crippen LogP contribution in [-0.2, 0) is 4.74 Å². The highest BCUT2D eigenvalue weighted by molar-refractivity contribution is 7.23. The Morgan fingerprint density at radius 3 is 2.52 bits per heavy atom. The van der Waals surface area contributed by atoms with E-state index in [0.717, 1.165) is 58.7 Å². The highest BCUT2D eigenvalue weighted by Crippen LogP contribution is 2.42. The van der Waals surface area contributed by atoms with Crippen LogP contribution in [0.1, 0.15) is 12.8 Å². The topological polar surface area (TPSA) is 41.6 Å². The van der Waals surface area contributed by atoms with Gasteiger partial charge >= 0.3 is 6.09 Å². The Hall–Kier alpha value is -2.37. The number of benzene rings is 2. The van der Waals surface area contributed by atoms with Crippen LogP contribution in [0, 0.1) is 5.92 Å². The van der Waals surface area contributed by atoms with Crippen LogP contribution in [0.4, 0.5) is 10.5 Å². The molecule has 3 aliphatic heterocycles. The minimum atomic E-state index is -0.338. The quantitative estimate of drug-likeness (QED) is 0.680. The van der Waals surface area contributed by atoms with Gasteiger partial charge in [-0.3, -0.25) is 10.2 Å². The second kappa shape index (κ2) is 6.98. The number of nitrogens with one attached hydrogen (secondary N) is 1. The van der Waals surface area contributed by atoms with Gasteiger partial charge in [-0.25, -0.2) is 4.79 Å². The molecule has 2 aromatic carbocycles. The van der Waals surface area contributed by atoms with Crippen molar-refractivity contribution in [3.05, 3.63) is 54.6 Å². The van der Waals surface area contributed by atoms with Crippen molar-refractivity contribution in [2.75, 3.05) is 25.0 Å². The molecular formula is C22H22N2O2S. The van der Waals surface area contributed by atoms with Crippen LogP contribution in [0.15, 0.2) is 54.6 Å². The second-order valence-electron chi connectivity index (χ2n) is 7.38. The number of anilines is 1. The highest BCUT2D eigenvalue weighted by atomic mass is 32.1. The molecule has 3 aromatic rings. The summed E-state index contributed by atoms with van der Waals surface area (Å²) in [6, 6.07) is 18.4. The number of ether oxygens (including phenoxy) is 1. The largest absolute Gasteiger partial charge is 0.444 e. The zero-order chi connectivity index (χ0) is 18.2. The van der Waals surface area contributed by atoms with E-state index >= 15 is 0 Å². The van der Waals surface area contributed by atoms with Gasteiger partial charge in [-0.15, -0.1) is 11.3 Å². The first-order valence-corrected chi connectivity index (χ1v) is 10.4. The van der Waals surface area contributed by atoms with Crippen molar-refractivity contribution in [1.82, 2.24) is 4.90 Å². The van der Waals surface area contributed by atoms with Gasteiger partial charge in [-0.05, 0) is 43.5 Å². The number of fused-ring (bicyclic) bond motifs is 4. The van der Waals surface area contributed by atoms with Crippen molar-refractivity contribution < 1.29 is 9.53 Å². The van der Waals surface area contributed by atoms with Crippen LogP contribution in [-0.4, -0.2) is 36.7 Å². The Kier molecular flexibility index (Phi) is 4.34. The normalized spacial score (nSPS) is 24.1. The van der Waals surface area contributed by atoms with Gasteiger partial charge in [0.05, 0.1) is 10.6 Å². The molecule has 3 aliphatic rings. The minimum absolute atomic E-state index is 0.0116. The summed E-state index contributed by atoms with van der Waals surface area (Å²) in [5, 5.41) is 4.13. The van der Waals surface area contributed by atoms with Gasteiger partial charge < -0.3 is 4.74 Å². The van der Waals surface area contributed by atoms with E-state index in [0.29, 0.717) is 5.92 Å². The number of carbonyl (C=O) groups excluding carboxylic acids is 1. The van der Waals surface area contributed by atoms with Gasteiger partial charge in [-0.1, -0.05) is 48.5 Å². The molecule has 138 valence electrons. The fraction of sp³-hybridized carbons (Fsp3) is 0.318. The molecule has 0 aliphatic carbocycles. The van der Waals surface area contributed by atoms with Crippen LogP contribution in [0.2, 0.25) is 0 Å². The Labute approximate surface area is 162 Å². The Balaban J connectivity index is 1.43. The molecule has 4 nitrogen and oxygen atoms in total. The van der Waals surface area contributed by atoms with E-state index < -0.39 is 0 Å². The third kappa shape index (κ3) is 3.22. The Morgan fingerprint density at radius 2 is 1.78 bits per heavy atom. The van der Waals surface area contributed by atoms with Crippen LogP contribution in [0.25, 0.3) is 20.5 Å². The molecule has 6 rings (SSSR count). The molecule has 0 saturated carbocycles. The molecule has 3 fully saturated rings. The van der Waals surface area contributed by atoms with E-state index in [2.05, 4.69) is 34.5 Å². The van der Waals surface area contributed by atoms with Crippen molar-refractivity contribution in [2.45, 2.75) is 18.9 Å². The summed E-state index contributed by atoms with van der Waals surface area (Å²) in [5.41, 5.74) is 1.96. The summed E-state index contributed by atoms with van der Waals surface area (Å²) >= 11 is 1.70. The number of hydrogen-bond acceptors (Lipinski definition) is 4.